The lowest BCUT2D eigenvalue weighted by atomic mass is 10.0. The smallest absolute Gasteiger partial charge is 0.281 e. The molecular weight excluding hydrogens is 214 g/mol. The first-order chi connectivity index (χ1) is 6.98. The molecule has 0 aromatic rings. The van der Waals surface area contributed by atoms with Crippen LogP contribution in [0.2, 0.25) is 0 Å². The Labute approximate surface area is 92.4 Å². The molecule has 5 nitrogen and oxygen atoms in total. The first-order valence-electron chi connectivity index (χ1n) is 5.40. The lowest BCUT2D eigenvalue weighted by Gasteiger charge is -2.32. The molecule has 2 N–H and O–H groups in total. The Morgan fingerprint density at radius 1 is 1.53 bits per heavy atom. The zero-order chi connectivity index (χ0) is 11.5. The molecule has 15 heavy (non-hydrogen) atoms. The summed E-state index contributed by atoms with van der Waals surface area (Å²) < 4.78 is 26.9. The zero-order valence-electron chi connectivity index (χ0n) is 9.52. The van der Waals surface area contributed by atoms with Crippen LogP contribution in [0.5, 0.6) is 0 Å². The maximum atomic E-state index is 12.0. The molecule has 6 heteroatoms. The number of hydrogen-bond acceptors (Lipinski definition) is 3. The lowest BCUT2D eigenvalue weighted by Crippen LogP contribution is -2.47. The third kappa shape index (κ3) is 3.14. The molecule has 0 radical (unpaired) electrons. The number of hydrogen-bond donors (Lipinski definition) is 1. The molecule has 0 spiro atoms. The topological polar surface area (TPSA) is 66.6 Å². The molecule has 1 atom stereocenters. The number of nitrogens with two attached hydrogens (primary N) is 1. The maximum absolute atomic E-state index is 12.0. The minimum atomic E-state index is -3.27. The molecule has 1 aliphatic heterocycles. The van der Waals surface area contributed by atoms with Crippen LogP contribution in [0.15, 0.2) is 0 Å². The standard InChI is InChI=1S/C9H21N3O2S/c1-9-4-3-6-12(8-9)15(13,14)11(2)7-5-10/h9H,3-8,10H2,1-2H3. The molecule has 1 heterocycles. The van der Waals surface area contributed by atoms with Gasteiger partial charge in [-0.1, -0.05) is 6.92 Å². The molecule has 1 fully saturated rings. The lowest BCUT2D eigenvalue weighted by molar-refractivity contribution is 0.264. The van der Waals surface area contributed by atoms with E-state index in [1.165, 1.54) is 4.31 Å². The van der Waals surface area contributed by atoms with Crippen molar-refractivity contribution in [3.05, 3.63) is 0 Å². The number of rotatable bonds is 4. The van der Waals surface area contributed by atoms with E-state index in [4.69, 9.17) is 5.73 Å². The molecule has 0 saturated carbocycles. The summed E-state index contributed by atoms with van der Waals surface area (Å²) in [7, 11) is -1.69. The summed E-state index contributed by atoms with van der Waals surface area (Å²) in [4.78, 5) is 0. The molecule has 1 aliphatic rings. The van der Waals surface area contributed by atoms with Crippen LogP contribution < -0.4 is 5.73 Å². The van der Waals surface area contributed by atoms with Crippen molar-refractivity contribution in [2.75, 3.05) is 33.2 Å². The largest absolute Gasteiger partial charge is 0.329 e. The summed E-state index contributed by atoms with van der Waals surface area (Å²) in [5.41, 5.74) is 5.36. The highest BCUT2D eigenvalue weighted by Crippen LogP contribution is 2.19. The van der Waals surface area contributed by atoms with Gasteiger partial charge in [-0.25, -0.2) is 0 Å². The Hall–Kier alpha value is -0.170. The van der Waals surface area contributed by atoms with E-state index in [-0.39, 0.29) is 0 Å². The molecule has 0 aromatic heterocycles. The van der Waals surface area contributed by atoms with Gasteiger partial charge in [-0.3, -0.25) is 0 Å². The average molecular weight is 235 g/mol. The minimum Gasteiger partial charge on any atom is -0.329 e. The van der Waals surface area contributed by atoms with E-state index in [0.29, 0.717) is 32.1 Å². The highest BCUT2D eigenvalue weighted by atomic mass is 32.2. The van der Waals surface area contributed by atoms with Gasteiger partial charge in [-0.2, -0.15) is 17.0 Å². The van der Waals surface area contributed by atoms with Crippen LogP contribution in [0.25, 0.3) is 0 Å². The van der Waals surface area contributed by atoms with Gasteiger partial charge in [0.05, 0.1) is 0 Å². The summed E-state index contributed by atoms with van der Waals surface area (Å²) in [6, 6.07) is 0. The zero-order valence-corrected chi connectivity index (χ0v) is 10.3. The van der Waals surface area contributed by atoms with Gasteiger partial charge in [0, 0.05) is 33.2 Å². The fraction of sp³-hybridized carbons (Fsp3) is 1.00. The Bertz CT molecular complexity index is 292. The van der Waals surface area contributed by atoms with E-state index in [0.717, 1.165) is 12.8 Å². The van der Waals surface area contributed by atoms with Crippen LogP contribution in [0.4, 0.5) is 0 Å². The van der Waals surface area contributed by atoms with Crippen LogP contribution in [-0.4, -0.2) is 50.3 Å². The Morgan fingerprint density at radius 2 is 2.20 bits per heavy atom. The summed E-state index contributed by atoms with van der Waals surface area (Å²) in [5.74, 6) is 0.458. The average Bonchev–Trinajstić information content (AvgIpc) is 2.18. The van der Waals surface area contributed by atoms with Crippen LogP contribution in [0, 0.1) is 5.92 Å². The van der Waals surface area contributed by atoms with Crippen LogP contribution >= 0.6 is 0 Å². The SMILES string of the molecule is CC1CCCN(S(=O)(=O)N(C)CCN)C1. The first kappa shape index (κ1) is 12.9. The number of likely N-dealkylation sites (N-methyl/N-ethyl adjacent to an activating group) is 1. The summed E-state index contributed by atoms with van der Waals surface area (Å²) in [6.45, 7) is 4.11. The van der Waals surface area contributed by atoms with Crippen molar-refractivity contribution in [3.63, 3.8) is 0 Å². The molecule has 1 saturated heterocycles. The van der Waals surface area contributed by atoms with Crippen molar-refractivity contribution in [3.8, 4) is 0 Å². The van der Waals surface area contributed by atoms with Crippen molar-refractivity contribution in [2.45, 2.75) is 19.8 Å². The monoisotopic (exact) mass is 235 g/mol. The number of piperidine rings is 1. The third-order valence-electron chi connectivity index (χ3n) is 2.78. The Balaban J connectivity index is 2.67. The normalized spacial score (nSPS) is 24.7. The summed E-state index contributed by atoms with van der Waals surface area (Å²) in [6.07, 6.45) is 2.07. The van der Waals surface area contributed by atoms with E-state index in [9.17, 15) is 8.42 Å². The molecule has 0 bridgehead atoms. The van der Waals surface area contributed by atoms with Crippen LogP contribution in [0.3, 0.4) is 0 Å². The number of nitrogens with zero attached hydrogens (tertiary/aromatic N) is 2. The molecular formula is C9H21N3O2S. The fourth-order valence-corrected chi connectivity index (χ4v) is 3.38. The van der Waals surface area contributed by atoms with Gasteiger partial charge in [0.25, 0.3) is 10.2 Å². The van der Waals surface area contributed by atoms with Crippen LogP contribution in [-0.2, 0) is 10.2 Å². The predicted octanol–water partition coefficient (Wildman–Crippen LogP) is -0.146. The minimum absolute atomic E-state index is 0.360. The fourth-order valence-electron chi connectivity index (χ4n) is 1.85. The summed E-state index contributed by atoms with van der Waals surface area (Å²) >= 11 is 0. The van der Waals surface area contributed by atoms with E-state index in [1.807, 2.05) is 0 Å². The van der Waals surface area contributed by atoms with E-state index in [2.05, 4.69) is 6.92 Å². The van der Waals surface area contributed by atoms with E-state index < -0.39 is 10.2 Å². The highest BCUT2D eigenvalue weighted by molar-refractivity contribution is 7.86. The second-order valence-electron chi connectivity index (χ2n) is 4.22. The van der Waals surface area contributed by atoms with Crippen molar-refractivity contribution < 1.29 is 8.42 Å². The van der Waals surface area contributed by atoms with Gasteiger partial charge in [0.2, 0.25) is 0 Å². The van der Waals surface area contributed by atoms with Gasteiger partial charge in [0.15, 0.2) is 0 Å². The molecule has 0 aromatic carbocycles. The molecule has 1 unspecified atom stereocenters. The Morgan fingerprint density at radius 3 is 2.73 bits per heavy atom. The van der Waals surface area contributed by atoms with Gasteiger partial charge in [0.1, 0.15) is 0 Å². The van der Waals surface area contributed by atoms with Gasteiger partial charge >= 0.3 is 0 Å². The molecule has 1 rings (SSSR count). The van der Waals surface area contributed by atoms with Crippen molar-refractivity contribution in [2.24, 2.45) is 11.7 Å². The second-order valence-corrected chi connectivity index (χ2v) is 6.26. The van der Waals surface area contributed by atoms with Gasteiger partial charge < -0.3 is 5.73 Å². The molecule has 0 aliphatic carbocycles. The molecule has 90 valence electrons. The highest BCUT2D eigenvalue weighted by Gasteiger charge is 2.29. The van der Waals surface area contributed by atoms with E-state index >= 15 is 0 Å². The molecule has 0 amide bonds. The first-order valence-corrected chi connectivity index (χ1v) is 6.79. The quantitative estimate of drug-likeness (QED) is 0.737. The predicted molar refractivity (Wildman–Crippen MR) is 60.6 cm³/mol. The van der Waals surface area contributed by atoms with Crippen molar-refractivity contribution >= 4 is 10.2 Å². The van der Waals surface area contributed by atoms with Crippen molar-refractivity contribution in [1.29, 1.82) is 0 Å². The van der Waals surface area contributed by atoms with Gasteiger partial charge in [-0.05, 0) is 18.8 Å². The van der Waals surface area contributed by atoms with Gasteiger partial charge in [-0.15, -0.1) is 0 Å². The summed E-state index contributed by atoms with van der Waals surface area (Å²) in [5, 5.41) is 0. The maximum Gasteiger partial charge on any atom is 0.281 e. The van der Waals surface area contributed by atoms with Crippen molar-refractivity contribution in [1.82, 2.24) is 8.61 Å². The third-order valence-corrected chi connectivity index (χ3v) is 4.74. The van der Waals surface area contributed by atoms with E-state index in [1.54, 1.807) is 11.4 Å². The second kappa shape index (κ2) is 5.25. The Kier molecular flexibility index (Phi) is 4.51. The van der Waals surface area contributed by atoms with Crippen LogP contribution in [0.1, 0.15) is 19.8 Å².